The van der Waals surface area contributed by atoms with E-state index < -0.39 is 0 Å². The zero-order valence-electron chi connectivity index (χ0n) is 7.60. The topological polar surface area (TPSA) is 33.0 Å². The highest BCUT2D eigenvalue weighted by Gasteiger charge is 2.08. The van der Waals surface area contributed by atoms with Gasteiger partial charge in [-0.1, -0.05) is 15.9 Å². The molecule has 2 nitrogen and oxygen atoms in total. The Balaban J connectivity index is 3.25. The van der Waals surface area contributed by atoms with E-state index in [1.54, 1.807) is 7.11 Å². The van der Waals surface area contributed by atoms with Crippen LogP contribution in [0.3, 0.4) is 0 Å². The van der Waals surface area contributed by atoms with E-state index in [0.717, 1.165) is 21.3 Å². The fourth-order valence-corrected chi connectivity index (χ4v) is 1.56. The SMILES string of the molecule is COc1ccc(Br)c(C)c1CC#N. The Morgan fingerprint density at radius 1 is 1.54 bits per heavy atom. The molecule has 0 atom stereocenters. The van der Waals surface area contributed by atoms with Crippen molar-refractivity contribution >= 4 is 15.9 Å². The van der Waals surface area contributed by atoms with Crippen LogP contribution in [0.2, 0.25) is 0 Å². The number of benzene rings is 1. The highest BCUT2D eigenvalue weighted by atomic mass is 79.9. The van der Waals surface area contributed by atoms with Crippen LogP contribution in [0.1, 0.15) is 11.1 Å². The third kappa shape index (κ3) is 2.02. The summed E-state index contributed by atoms with van der Waals surface area (Å²) in [6.45, 7) is 1.97. The molecule has 68 valence electrons. The molecule has 0 aliphatic carbocycles. The maximum absolute atomic E-state index is 8.63. The summed E-state index contributed by atoms with van der Waals surface area (Å²) >= 11 is 3.41. The van der Waals surface area contributed by atoms with Gasteiger partial charge >= 0.3 is 0 Å². The van der Waals surface area contributed by atoms with Gasteiger partial charge in [0, 0.05) is 10.0 Å². The standard InChI is InChI=1S/C10H10BrNO/c1-7-8(5-6-12)10(13-2)4-3-9(7)11/h3-4H,5H2,1-2H3. The average Bonchev–Trinajstić information content (AvgIpc) is 2.14. The van der Waals surface area contributed by atoms with E-state index in [1.165, 1.54) is 0 Å². The predicted octanol–water partition coefficient (Wildman–Crippen LogP) is 2.83. The van der Waals surface area contributed by atoms with Gasteiger partial charge in [-0.3, -0.25) is 0 Å². The van der Waals surface area contributed by atoms with Crippen molar-refractivity contribution in [1.29, 1.82) is 5.26 Å². The summed E-state index contributed by atoms with van der Waals surface area (Å²) in [6, 6.07) is 5.92. The van der Waals surface area contributed by atoms with E-state index in [4.69, 9.17) is 10.00 Å². The molecule has 0 fully saturated rings. The molecular weight excluding hydrogens is 230 g/mol. The first kappa shape index (κ1) is 10.1. The van der Waals surface area contributed by atoms with Crippen LogP contribution in [-0.2, 0) is 6.42 Å². The predicted molar refractivity (Wildman–Crippen MR) is 54.7 cm³/mol. The molecule has 0 aromatic heterocycles. The normalized spacial score (nSPS) is 9.38. The van der Waals surface area contributed by atoms with Crippen LogP contribution < -0.4 is 4.74 Å². The van der Waals surface area contributed by atoms with Crippen LogP contribution in [-0.4, -0.2) is 7.11 Å². The third-order valence-corrected chi connectivity index (χ3v) is 2.82. The molecule has 0 spiro atoms. The van der Waals surface area contributed by atoms with Gasteiger partial charge < -0.3 is 4.74 Å². The molecule has 3 heteroatoms. The molecule has 0 heterocycles. The zero-order chi connectivity index (χ0) is 9.84. The van der Waals surface area contributed by atoms with Crippen LogP contribution in [0.5, 0.6) is 5.75 Å². The first-order chi connectivity index (χ1) is 6.20. The fraction of sp³-hybridized carbons (Fsp3) is 0.300. The number of halogens is 1. The molecule has 1 aromatic rings. The summed E-state index contributed by atoms with van der Waals surface area (Å²) in [7, 11) is 1.61. The highest BCUT2D eigenvalue weighted by Crippen LogP contribution is 2.28. The fourth-order valence-electron chi connectivity index (χ4n) is 1.19. The molecule has 0 radical (unpaired) electrons. The van der Waals surface area contributed by atoms with Gasteiger partial charge in [0.25, 0.3) is 0 Å². The number of nitrogens with zero attached hydrogens (tertiary/aromatic N) is 1. The van der Waals surface area contributed by atoms with Gasteiger partial charge in [-0.15, -0.1) is 0 Å². The lowest BCUT2D eigenvalue weighted by molar-refractivity contribution is 0.410. The van der Waals surface area contributed by atoms with Crippen molar-refractivity contribution in [2.45, 2.75) is 13.3 Å². The van der Waals surface area contributed by atoms with E-state index in [1.807, 2.05) is 19.1 Å². The Morgan fingerprint density at radius 2 is 2.23 bits per heavy atom. The van der Waals surface area contributed by atoms with Gasteiger partial charge in [0.05, 0.1) is 19.6 Å². The highest BCUT2D eigenvalue weighted by molar-refractivity contribution is 9.10. The molecule has 1 rings (SSSR count). The minimum atomic E-state index is 0.383. The Labute approximate surface area is 86.3 Å². The molecule has 0 aliphatic heterocycles. The van der Waals surface area contributed by atoms with Crippen LogP contribution >= 0.6 is 15.9 Å². The van der Waals surface area contributed by atoms with Crippen molar-refractivity contribution in [1.82, 2.24) is 0 Å². The summed E-state index contributed by atoms with van der Waals surface area (Å²) in [5.41, 5.74) is 2.03. The number of rotatable bonds is 2. The van der Waals surface area contributed by atoms with Gasteiger partial charge in [0.15, 0.2) is 0 Å². The van der Waals surface area contributed by atoms with Gasteiger partial charge in [0.1, 0.15) is 5.75 Å². The Kier molecular flexibility index (Phi) is 3.32. The minimum Gasteiger partial charge on any atom is -0.496 e. The third-order valence-electron chi connectivity index (χ3n) is 1.97. The molecule has 0 bridgehead atoms. The van der Waals surface area contributed by atoms with E-state index in [0.29, 0.717) is 6.42 Å². The minimum absolute atomic E-state index is 0.383. The van der Waals surface area contributed by atoms with Crippen molar-refractivity contribution in [2.75, 3.05) is 7.11 Å². The van der Waals surface area contributed by atoms with Crippen molar-refractivity contribution in [2.24, 2.45) is 0 Å². The summed E-state index contributed by atoms with van der Waals surface area (Å²) in [4.78, 5) is 0. The molecule has 0 aliphatic rings. The Bertz CT molecular complexity index is 355. The van der Waals surface area contributed by atoms with E-state index in [2.05, 4.69) is 22.0 Å². The first-order valence-corrected chi connectivity index (χ1v) is 4.69. The number of methoxy groups -OCH3 is 1. The van der Waals surface area contributed by atoms with Gasteiger partial charge in [-0.2, -0.15) is 5.26 Å². The van der Waals surface area contributed by atoms with Crippen molar-refractivity contribution < 1.29 is 4.74 Å². The van der Waals surface area contributed by atoms with Crippen molar-refractivity contribution in [3.05, 3.63) is 27.7 Å². The number of nitriles is 1. The summed E-state index contributed by atoms with van der Waals surface area (Å²) < 4.78 is 6.17. The zero-order valence-corrected chi connectivity index (χ0v) is 9.18. The monoisotopic (exact) mass is 239 g/mol. The Morgan fingerprint density at radius 3 is 2.77 bits per heavy atom. The maximum atomic E-state index is 8.63. The second kappa shape index (κ2) is 4.29. The molecule has 1 aromatic carbocycles. The van der Waals surface area contributed by atoms with E-state index in [-0.39, 0.29) is 0 Å². The van der Waals surface area contributed by atoms with E-state index >= 15 is 0 Å². The molecule has 0 N–H and O–H groups in total. The Hall–Kier alpha value is -1.01. The summed E-state index contributed by atoms with van der Waals surface area (Å²) in [5.74, 6) is 0.780. The molecule has 0 amide bonds. The summed E-state index contributed by atoms with van der Waals surface area (Å²) in [6.07, 6.45) is 0.383. The number of hydrogen-bond acceptors (Lipinski definition) is 2. The van der Waals surface area contributed by atoms with Gasteiger partial charge in [0.2, 0.25) is 0 Å². The second-order valence-electron chi connectivity index (χ2n) is 2.69. The van der Waals surface area contributed by atoms with Gasteiger partial charge in [-0.25, -0.2) is 0 Å². The van der Waals surface area contributed by atoms with Crippen LogP contribution in [0, 0.1) is 18.3 Å². The molecule has 0 unspecified atom stereocenters. The lowest BCUT2D eigenvalue weighted by Gasteiger charge is -2.09. The molecular formula is C10H10BrNO. The number of hydrogen-bond donors (Lipinski definition) is 0. The first-order valence-electron chi connectivity index (χ1n) is 3.89. The van der Waals surface area contributed by atoms with Crippen LogP contribution in [0.15, 0.2) is 16.6 Å². The maximum Gasteiger partial charge on any atom is 0.123 e. The van der Waals surface area contributed by atoms with Crippen molar-refractivity contribution in [3.63, 3.8) is 0 Å². The molecule has 13 heavy (non-hydrogen) atoms. The number of ether oxygens (including phenoxy) is 1. The second-order valence-corrected chi connectivity index (χ2v) is 3.54. The van der Waals surface area contributed by atoms with Crippen LogP contribution in [0.4, 0.5) is 0 Å². The average molecular weight is 240 g/mol. The largest absolute Gasteiger partial charge is 0.496 e. The lowest BCUT2D eigenvalue weighted by atomic mass is 10.1. The summed E-state index contributed by atoms with van der Waals surface area (Å²) in [5, 5.41) is 8.63. The quantitative estimate of drug-likeness (QED) is 0.796. The van der Waals surface area contributed by atoms with Gasteiger partial charge in [-0.05, 0) is 24.6 Å². The van der Waals surface area contributed by atoms with E-state index in [9.17, 15) is 0 Å². The van der Waals surface area contributed by atoms with Crippen molar-refractivity contribution in [3.8, 4) is 11.8 Å². The molecule has 0 saturated heterocycles. The smallest absolute Gasteiger partial charge is 0.123 e. The molecule has 0 saturated carbocycles. The lowest BCUT2D eigenvalue weighted by Crippen LogP contribution is -1.95. The van der Waals surface area contributed by atoms with Crippen LogP contribution in [0.25, 0.3) is 0 Å².